The monoisotopic (exact) mass is 477 g/mol. The number of ether oxygens (including phenoxy) is 4. The molecule has 5 nitrogen and oxygen atoms in total. The molecule has 0 fully saturated rings. The zero-order chi connectivity index (χ0) is 23.9. The van der Waals surface area contributed by atoms with Crippen LogP contribution in [0, 0.1) is 0 Å². The van der Waals surface area contributed by atoms with Crippen LogP contribution in [0.4, 0.5) is 0 Å². The molecule has 0 spiro atoms. The molecule has 4 aromatic rings. The van der Waals surface area contributed by atoms with Crippen molar-refractivity contribution < 1.29 is 18.9 Å². The molecule has 34 heavy (non-hydrogen) atoms. The van der Waals surface area contributed by atoms with Gasteiger partial charge in [-0.05, 0) is 36.0 Å². The summed E-state index contributed by atoms with van der Waals surface area (Å²) in [7, 11) is 2.34. The summed E-state index contributed by atoms with van der Waals surface area (Å²) in [6.07, 6.45) is 0. The first kappa shape index (κ1) is 24.4. The molecule has 0 aliphatic heterocycles. The Kier molecular flexibility index (Phi) is 8.36. The van der Waals surface area contributed by atoms with Crippen LogP contribution in [0.15, 0.2) is 72.8 Å². The van der Waals surface area contributed by atoms with Gasteiger partial charge < -0.3 is 18.9 Å². The number of hydrogen-bond donors (Lipinski definition) is 0. The number of fused-ring (bicyclic) bond motifs is 2. The van der Waals surface area contributed by atoms with Crippen LogP contribution in [0.3, 0.4) is 0 Å². The van der Waals surface area contributed by atoms with E-state index in [1.54, 1.807) is 14.2 Å². The minimum Gasteiger partial charge on any atom is -0.466 e. The van der Waals surface area contributed by atoms with Crippen LogP contribution in [-0.2, 0) is 9.47 Å². The molecule has 0 saturated heterocycles. The lowest BCUT2D eigenvalue weighted by Gasteiger charge is -2.33. The molecular weight excluding hydrogens is 445 g/mol. The smallest absolute Gasteiger partial charge is 0.188 e. The number of benzene rings is 4. The van der Waals surface area contributed by atoms with Crippen molar-refractivity contribution in [2.24, 2.45) is 0 Å². The summed E-state index contributed by atoms with van der Waals surface area (Å²) >= 11 is 0. The maximum atomic E-state index is 6.25. The van der Waals surface area contributed by atoms with Gasteiger partial charge in [0.25, 0.3) is 0 Å². The summed E-state index contributed by atoms with van der Waals surface area (Å²) in [4.78, 5) is 0. The Balaban J connectivity index is 2.00. The van der Waals surface area contributed by atoms with Crippen molar-refractivity contribution in [3.8, 4) is 11.5 Å². The van der Waals surface area contributed by atoms with Crippen LogP contribution < -0.4 is 20.1 Å². The zero-order valence-electron chi connectivity index (χ0n) is 20.3. The number of methoxy groups -OCH3 is 2. The Bertz CT molecular complexity index is 1150. The highest BCUT2D eigenvalue weighted by molar-refractivity contribution is 7.71. The number of nitrogens with zero attached hydrogens (tertiary/aromatic N) is 1. The third kappa shape index (κ3) is 4.89. The van der Waals surface area contributed by atoms with Crippen LogP contribution in [0.2, 0.25) is 0 Å². The topological polar surface area (TPSA) is 40.2 Å². The van der Waals surface area contributed by atoms with Crippen LogP contribution >= 0.6 is 8.07 Å². The Morgan fingerprint density at radius 1 is 0.618 bits per heavy atom. The fraction of sp³-hybridized carbons (Fsp3) is 0.286. The van der Waals surface area contributed by atoms with Gasteiger partial charge in [0.05, 0.1) is 0 Å². The summed E-state index contributed by atoms with van der Waals surface area (Å²) < 4.78 is 25.6. The predicted molar refractivity (Wildman–Crippen MR) is 142 cm³/mol. The molecule has 0 saturated carbocycles. The van der Waals surface area contributed by atoms with E-state index in [4.69, 9.17) is 18.9 Å². The van der Waals surface area contributed by atoms with Gasteiger partial charge in [0, 0.05) is 43.7 Å². The maximum absolute atomic E-state index is 6.25. The van der Waals surface area contributed by atoms with E-state index in [2.05, 4.69) is 91.3 Å². The lowest BCUT2D eigenvalue weighted by atomic mass is 10.1. The maximum Gasteiger partial charge on any atom is 0.188 e. The predicted octanol–water partition coefficient (Wildman–Crippen LogP) is 5.65. The average molecular weight is 478 g/mol. The van der Waals surface area contributed by atoms with Gasteiger partial charge in [-0.2, -0.15) is 0 Å². The van der Waals surface area contributed by atoms with Gasteiger partial charge in [-0.15, -0.1) is 0 Å². The second kappa shape index (κ2) is 11.6. The quantitative estimate of drug-likeness (QED) is 0.206. The second-order valence-electron chi connectivity index (χ2n) is 7.82. The highest BCUT2D eigenvalue weighted by Gasteiger charge is 2.29. The summed E-state index contributed by atoms with van der Waals surface area (Å²) in [6.45, 7) is 6.57. The van der Waals surface area contributed by atoms with E-state index in [-0.39, 0.29) is 13.6 Å². The third-order valence-corrected chi connectivity index (χ3v) is 8.58. The SMILES string of the molecule is CCN(CC)P(c1ccc2ccccc2c1OCOC)c1ccc2ccccc2c1OCOC. The van der Waals surface area contributed by atoms with E-state index in [9.17, 15) is 0 Å². The van der Waals surface area contributed by atoms with Crippen LogP contribution in [0.5, 0.6) is 11.5 Å². The van der Waals surface area contributed by atoms with Gasteiger partial charge in [0.2, 0.25) is 0 Å². The Morgan fingerprint density at radius 2 is 1.06 bits per heavy atom. The van der Waals surface area contributed by atoms with Crippen molar-refractivity contribution in [2.45, 2.75) is 13.8 Å². The number of rotatable bonds is 11. The lowest BCUT2D eigenvalue weighted by Crippen LogP contribution is -2.30. The zero-order valence-corrected chi connectivity index (χ0v) is 21.2. The molecule has 0 aliphatic carbocycles. The molecule has 178 valence electrons. The van der Waals surface area contributed by atoms with E-state index >= 15 is 0 Å². The Morgan fingerprint density at radius 3 is 1.47 bits per heavy atom. The fourth-order valence-electron chi connectivity index (χ4n) is 4.28. The fourth-order valence-corrected chi connectivity index (χ4v) is 6.90. The molecule has 0 aliphatic rings. The first-order chi connectivity index (χ1) is 16.7. The van der Waals surface area contributed by atoms with E-state index in [0.717, 1.165) is 56.7 Å². The van der Waals surface area contributed by atoms with E-state index < -0.39 is 8.07 Å². The highest BCUT2D eigenvalue weighted by Crippen LogP contribution is 2.46. The standard InChI is InChI=1S/C28H32NO4P/c1-5-29(6-2)34(25-17-15-21-11-7-9-13-23(21)27(25)32-19-30-3)26-18-16-22-12-8-10-14-24(22)28(26)33-20-31-4/h7-18H,5-6,19-20H2,1-4H3. The van der Waals surface area contributed by atoms with Crippen molar-refractivity contribution in [1.29, 1.82) is 0 Å². The van der Waals surface area contributed by atoms with E-state index in [1.807, 2.05) is 0 Å². The molecule has 4 rings (SSSR count). The largest absolute Gasteiger partial charge is 0.466 e. The number of hydrogen-bond acceptors (Lipinski definition) is 5. The average Bonchev–Trinajstić information content (AvgIpc) is 2.89. The molecule has 6 heteroatoms. The second-order valence-corrected chi connectivity index (χ2v) is 9.98. The summed E-state index contributed by atoms with van der Waals surface area (Å²) in [6, 6.07) is 25.4. The Hall–Kier alpha value is -2.69. The van der Waals surface area contributed by atoms with Gasteiger partial charge in [-0.3, -0.25) is 4.67 Å². The van der Waals surface area contributed by atoms with E-state index in [0.29, 0.717) is 0 Å². The minimum atomic E-state index is -0.963. The first-order valence-corrected chi connectivity index (χ1v) is 12.8. The normalized spacial score (nSPS) is 11.6. The van der Waals surface area contributed by atoms with Gasteiger partial charge in [-0.1, -0.05) is 74.5 Å². The van der Waals surface area contributed by atoms with E-state index in [1.165, 1.54) is 0 Å². The molecule has 0 heterocycles. The molecule has 0 bridgehead atoms. The molecule has 0 N–H and O–H groups in total. The minimum absolute atomic E-state index is 0.188. The van der Waals surface area contributed by atoms with Gasteiger partial charge in [0.1, 0.15) is 11.5 Å². The van der Waals surface area contributed by atoms with Gasteiger partial charge >= 0.3 is 0 Å². The van der Waals surface area contributed by atoms with Crippen molar-refractivity contribution in [1.82, 2.24) is 4.67 Å². The van der Waals surface area contributed by atoms with Gasteiger partial charge in [0.15, 0.2) is 13.6 Å². The van der Waals surface area contributed by atoms with Crippen molar-refractivity contribution in [3.05, 3.63) is 72.8 Å². The first-order valence-electron chi connectivity index (χ1n) is 11.5. The van der Waals surface area contributed by atoms with Crippen molar-refractivity contribution >= 4 is 40.2 Å². The molecule has 0 amide bonds. The third-order valence-electron chi connectivity index (χ3n) is 5.83. The molecule has 0 unspecified atom stereocenters. The van der Waals surface area contributed by atoms with Crippen molar-refractivity contribution in [3.63, 3.8) is 0 Å². The summed E-state index contributed by atoms with van der Waals surface area (Å²) in [5.41, 5.74) is 0. The Labute approximate surface area is 203 Å². The summed E-state index contributed by atoms with van der Waals surface area (Å²) in [5, 5.41) is 6.73. The summed E-state index contributed by atoms with van der Waals surface area (Å²) in [5.74, 6) is 1.73. The van der Waals surface area contributed by atoms with Crippen molar-refractivity contribution in [2.75, 3.05) is 40.9 Å². The molecule has 0 aromatic heterocycles. The lowest BCUT2D eigenvalue weighted by molar-refractivity contribution is 0.0529. The molecule has 4 aromatic carbocycles. The highest BCUT2D eigenvalue weighted by atomic mass is 31.1. The van der Waals surface area contributed by atoms with Gasteiger partial charge in [-0.25, -0.2) is 0 Å². The molecular formula is C28H32NO4P. The van der Waals surface area contributed by atoms with Crippen LogP contribution in [0.1, 0.15) is 13.8 Å². The molecule has 0 atom stereocenters. The molecule has 0 radical (unpaired) electrons. The van der Waals surface area contributed by atoms with Crippen LogP contribution in [0.25, 0.3) is 21.5 Å². The van der Waals surface area contributed by atoms with Crippen LogP contribution in [-0.4, -0.2) is 45.6 Å².